The Labute approximate surface area is 107 Å². The highest BCUT2D eigenvalue weighted by Gasteiger charge is 2.13. The molecule has 1 N–H and O–H groups in total. The van der Waals surface area contributed by atoms with Gasteiger partial charge in [0.05, 0.1) is 0 Å². The zero-order valence-electron chi connectivity index (χ0n) is 9.64. The van der Waals surface area contributed by atoms with Crippen molar-refractivity contribution in [2.24, 2.45) is 0 Å². The van der Waals surface area contributed by atoms with Crippen LogP contribution in [0.25, 0.3) is 0 Å². The number of hydrogen-bond donors (Lipinski definition) is 1. The van der Waals surface area contributed by atoms with E-state index in [-0.39, 0.29) is 17.3 Å². The summed E-state index contributed by atoms with van der Waals surface area (Å²) in [6.07, 6.45) is 0. The van der Waals surface area contributed by atoms with Gasteiger partial charge in [0.1, 0.15) is 18.2 Å². The van der Waals surface area contributed by atoms with Crippen molar-refractivity contribution in [2.75, 3.05) is 0 Å². The van der Waals surface area contributed by atoms with Gasteiger partial charge in [0, 0.05) is 0 Å². The summed E-state index contributed by atoms with van der Waals surface area (Å²) in [5, 5.41) is 10.6. The van der Waals surface area contributed by atoms with Crippen LogP contribution in [0.2, 0.25) is 0 Å². The molecule has 0 unspecified atom stereocenters. The Balaban J connectivity index is 2.11. The minimum Gasteiger partial charge on any atom is -0.487 e. The molecule has 1 aromatic carbocycles. The Morgan fingerprint density at radius 2 is 2.22 bits per heavy atom. The summed E-state index contributed by atoms with van der Waals surface area (Å²) in [6, 6.07) is 6.03. The average Bonchev–Trinajstić information content (AvgIpc) is 2.76. The molecule has 0 aliphatic carbocycles. The molecule has 0 spiro atoms. The van der Waals surface area contributed by atoms with E-state index in [1.807, 2.05) is 0 Å². The van der Waals surface area contributed by atoms with E-state index in [0.29, 0.717) is 5.75 Å². The number of carboxylic acid groups (broad SMARTS) is 1. The molecule has 1 aromatic heterocycles. The Hall–Kier alpha value is -1.88. The van der Waals surface area contributed by atoms with Crippen molar-refractivity contribution in [2.45, 2.75) is 13.5 Å². The predicted octanol–water partition coefficient (Wildman–Crippen LogP) is 3.47. The largest absolute Gasteiger partial charge is 0.487 e. The van der Waals surface area contributed by atoms with Crippen LogP contribution in [0.15, 0.2) is 29.6 Å². The minimum atomic E-state index is -1.00. The highest BCUT2D eigenvalue weighted by atomic mass is 32.1. The third-order valence-electron chi connectivity index (χ3n) is 2.51. The van der Waals surface area contributed by atoms with Crippen LogP contribution in [0.1, 0.15) is 20.8 Å². The molecule has 2 rings (SSSR count). The number of benzene rings is 1. The topological polar surface area (TPSA) is 46.5 Å². The lowest BCUT2D eigenvalue weighted by molar-refractivity contribution is 0.0697. The molecule has 2 aromatic rings. The molecule has 0 aliphatic heterocycles. The third-order valence-corrected chi connectivity index (χ3v) is 3.39. The Morgan fingerprint density at radius 3 is 2.89 bits per heavy atom. The molecule has 0 amide bonds. The molecule has 18 heavy (non-hydrogen) atoms. The first-order valence-corrected chi connectivity index (χ1v) is 6.14. The number of aromatic carboxylic acids is 1. The number of rotatable bonds is 4. The van der Waals surface area contributed by atoms with Gasteiger partial charge in [-0.1, -0.05) is 6.07 Å². The fourth-order valence-corrected chi connectivity index (χ4v) is 2.22. The Kier molecular flexibility index (Phi) is 3.62. The van der Waals surface area contributed by atoms with Crippen LogP contribution in [0.3, 0.4) is 0 Å². The van der Waals surface area contributed by atoms with Gasteiger partial charge in [0.25, 0.3) is 0 Å². The Morgan fingerprint density at radius 1 is 1.44 bits per heavy atom. The van der Waals surface area contributed by atoms with Crippen molar-refractivity contribution in [1.82, 2.24) is 0 Å². The van der Waals surface area contributed by atoms with Crippen molar-refractivity contribution in [3.63, 3.8) is 0 Å². The number of thiophene rings is 1. The van der Waals surface area contributed by atoms with Crippen LogP contribution in [0, 0.1) is 12.7 Å². The van der Waals surface area contributed by atoms with Gasteiger partial charge in [0.15, 0.2) is 4.88 Å². The molecular formula is C13H11FO3S. The van der Waals surface area contributed by atoms with Crippen LogP contribution in [-0.4, -0.2) is 11.1 Å². The summed E-state index contributed by atoms with van der Waals surface area (Å²) in [6.45, 7) is 2.01. The van der Waals surface area contributed by atoms with E-state index in [0.717, 1.165) is 22.5 Å². The van der Waals surface area contributed by atoms with E-state index >= 15 is 0 Å². The second-order valence-electron chi connectivity index (χ2n) is 3.78. The lowest BCUT2D eigenvalue weighted by Gasteiger charge is -2.08. The van der Waals surface area contributed by atoms with E-state index in [4.69, 9.17) is 9.84 Å². The normalized spacial score (nSPS) is 10.3. The van der Waals surface area contributed by atoms with Crippen LogP contribution in [-0.2, 0) is 6.61 Å². The van der Waals surface area contributed by atoms with Gasteiger partial charge in [-0.3, -0.25) is 0 Å². The van der Waals surface area contributed by atoms with Gasteiger partial charge >= 0.3 is 5.97 Å². The van der Waals surface area contributed by atoms with Gasteiger partial charge in [-0.05, 0) is 41.6 Å². The summed E-state index contributed by atoms with van der Waals surface area (Å²) in [4.78, 5) is 11.1. The summed E-state index contributed by atoms with van der Waals surface area (Å²) >= 11 is 1.11. The lowest BCUT2D eigenvalue weighted by atomic mass is 10.1. The fraction of sp³-hybridized carbons (Fsp3) is 0.154. The summed E-state index contributed by atoms with van der Waals surface area (Å²) < 4.78 is 18.4. The standard InChI is InChI=1S/C13H11FO3S/c1-8-6-10(14)3-2-9(8)7-17-11-4-5-18-12(11)13(15)16/h2-6H,7H2,1H3,(H,15,16). The lowest BCUT2D eigenvalue weighted by Crippen LogP contribution is -2.01. The molecule has 0 radical (unpaired) electrons. The van der Waals surface area contributed by atoms with Crippen LogP contribution >= 0.6 is 11.3 Å². The monoisotopic (exact) mass is 266 g/mol. The maximum Gasteiger partial charge on any atom is 0.349 e. The summed E-state index contributed by atoms with van der Waals surface area (Å²) in [5.41, 5.74) is 1.61. The molecule has 94 valence electrons. The number of carboxylic acids is 1. The molecule has 0 saturated carbocycles. The van der Waals surface area contributed by atoms with Crippen molar-refractivity contribution in [1.29, 1.82) is 0 Å². The molecule has 0 bridgehead atoms. The smallest absolute Gasteiger partial charge is 0.349 e. The second kappa shape index (κ2) is 5.18. The van der Waals surface area contributed by atoms with E-state index in [1.165, 1.54) is 12.1 Å². The van der Waals surface area contributed by atoms with Crippen molar-refractivity contribution in [3.05, 3.63) is 51.5 Å². The molecule has 0 saturated heterocycles. The van der Waals surface area contributed by atoms with Gasteiger partial charge in [-0.25, -0.2) is 9.18 Å². The SMILES string of the molecule is Cc1cc(F)ccc1COc1ccsc1C(=O)O. The van der Waals surface area contributed by atoms with E-state index < -0.39 is 5.97 Å². The van der Waals surface area contributed by atoms with Gasteiger partial charge in [0.2, 0.25) is 0 Å². The number of carbonyl (C=O) groups is 1. The number of aryl methyl sites for hydroxylation is 1. The molecule has 0 aliphatic rings. The number of ether oxygens (including phenoxy) is 1. The highest BCUT2D eigenvalue weighted by Crippen LogP contribution is 2.26. The first-order chi connectivity index (χ1) is 8.58. The van der Waals surface area contributed by atoms with Gasteiger partial charge in [-0.15, -0.1) is 11.3 Å². The molecule has 5 heteroatoms. The predicted molar refractivity (Wildman–Crippen MR) is 66.7 cm³/mol. The maximum absolute atomic E-state index is 12.9. The fourth-order valence-electron chi connectivity index (χ4n) is 1.54. The van der Waals surface area contributed by atoms with Crippen LogP contribution in [0.4, 0.5) is 4.39 Å². The first kappa shape index (κ1) is 12.6. The summed E-state index contributed by atoms with van der Waals surface area (Å²) in [5.74, 6) is -0.954. The van der Waals surface area contributed by atoms with E-state index in [1.54, 1.807) is 24.4 Å². The molecule has 3 nitrogen and oxygen atoms in total. The zero-order chi connectivity index (χ0) is 13.1. The quantitative estimate of drug-likeness (QED) is 0.921. The summed E-state index contributed by atoms with van der Waals surface area (Å²) in [7, 11) is 0. The number of hydrogen-bond acceptors (Lipinski definition) is 3. The van der Waals surface area contributed by atoms with Crippen molar-refractivity contribution < 1.29 is 19.0 Å². The van der Waals surface area contributed by atoms with Crippen molar-refractivity contribution >= 4 is 17.3 Å². The molecular weight excluding hydrogens is 255 g/mol. The molecule has 1 heterocycles. The number of halogens is 1. The molecule has 0 atom stereocenters. The average molecular weight is 266 g/mol. The van der Waals surface area contributed by atoms with Gasteiger partial charge < -0.3 is 9.84 Å². The minimum absolute atomic E-state index is 0.176. The maximum atomic E-state index is 12.9. The second-order valence-corrected chi connectivity index (χ2v) is 4.69. The molecule has 0 fully saturated rings. The first-order valence-electron chi connectivity index (χ1n) is 5.26. The highest BCUT2D eigenvalue weighted by molar-refractivity contribution is 7.12. The van der Waals surface area contributed by atoms with Crippen LogP contribution in [0.5, 0.6) is 5.75 Å². The van der Waals surface area contributed by atoms with Crippen LogP contribution < -0.4 is 4.74 Å². The zero-order valence-corrected chi connectivity index (χ0v) is 10.5. The Bertz CT molecular complexity index is 577. The third kappa shape index (κ3) is 2.68. The van der Waals surface area contributed by atoms with E-state index in [2.05, 4.69) is 0 Å². The van der Waals surface area contributed by atoms with Crippen molar-refractivity contribution in [3.8, 4) is 5.75 Å². The van der Waals surface area contributed by atoms with E-state index in [9.17, 15) is 9.18 Å². The van der Waals surface area contributed by atoms with Gasteiger partial charge in [-0.2, -0.15) is 0 Å².